The summed E-state index contributed by atoms with van der Waals surface area (Å²) in [6, 6.07) is 21.2. The molecule has 1 aliphatic heterocycles. The first kappa shape index (κ1) is 22.1. The van der Waals surface area contributed by atoms with Crippen LogP contribution >= 0.6 is 11.6 Å². The zero-order chi connectivity index (χ0) is 22.5. The van der Waals surface area contributed by atoms with Crippen molar-refractivity contribution in [1.82, 2.24) is 4.90 Å². The highest BCUT2D eigenvalue weighted by molar-refractivity contribution is 6.32. The third-order valence-corrected chi connectivity index (χ3v) is 5.95. The summed E-state index contributed by atoms with van der Waals surface area (Å²) >= 11 is 6.22. The van der Waals surface area contributed by atoms with Crippen LogP contribution in [0.3, 0.4) is 0 Å². The lowest BCUT2D eigenvalue weighted by atomic mass is 10.0. The molecule has 0 radical (unpaired) electrons. The minimum Gasteiger partial charge on any atom is -0.495 e. The average molecular weight is 454 g/mol. The van der Waals surface area contributed by atoms with E-state index in [-0.39, 0.29) is 11.7 Å². The standard InChI is InChI=1S/C25H25ClFN3O2/c1-32-23-12-11-19(17-20(23)26)28-25(31)24(18-7-3-2-4-8-18)30-15-13-29(14-16-30)22-10-6-5-9-21(22)27/h2-12,17,24H,13-16H2,1H3,(H,28,31)/t24-/m1/s1. The molecule has 1 N–H and O–H groups in total. The van der Waals surface area contributed by atoms with Crippen molar-refractivity contribution in [3.63, 3.8) is 0 Å². The minimum absolute atomic E-state index is 0.142. The Morgan fingerprint density at radius 2 is 1.69 bits per heavy atom. The van der Waals surface area contributed by atoms with Gasteiger partial charge in [0, 0.05) is 31.9 Å². The lowest BCUT2D eigenvalue weighted by Crippen LogP contribution is -2.50. The fourth-order valence-electron chi connectivity index (χ4n) is 4.05. The topological polar surface area (TPSA) is 44.8 Å². The van der Waals surface area contributed by atoms with Crippen molar-refractivity contribution in [1.29, 1.82) is 0 Å². The first-order valence-electron chi connectivity index (χ1n) is 10.5. The summed E-state index contributed by atoms with van der Waals surface area (Å²) in [5.41, 5.74) is 2.11. The summed E-state index contributed by atoms with van der Waals surface area (Å²) in [7, 11) is 1.55. The Kier molecular flexibility index (Phi) is 6.93. The molecule has 0 bridgehead atoms. The van der Waals surface area contributed by atoms with Gasteiger partial charge < -0.3 is 15.0 Å². The normalized spacial score (nSPS) is 15.3. The quantitative estimate of drug-likeness (QED) is 0.571. The van der Waals surface area contributed by atoms with Gasteiger partial charge >= 0.3 is 0 Å². The SMILES string of the molecule is COc1ccc(NC(=O)[C@@H](c2ccccc2)N2CCN(c3ccccc3F)CC2)cc1Cl. The minimum atomic E-state index is -0.472. The molecule has 0 aromatic heterocycles. The molecule has 0 aliphatic carbocycles. The number of hydrogen-bond donors (Lipinski definition) is 1. The van der Waals surface area contributed by atoms with Gasteiger partial charge in [-0.05, 0) is 35.9 Å². The highest BCUT2D eigenvalue weighted by atomic mass is 35.5. The van der Waals surface area contributed by atoms with Crippen LogP contribution in [0.4, 0.5) is 15.8 Å². The van der Waals surface area contributed by atoms with Gasteiger partial charge in [-0.25, -0.2) is 4.39 Å². The van der Waals surface area contributed by atoms with Crippen LogP contribution in [0.1, 0.15) is 11.6 Å². The van der Waals surface area contributed by atoms with E-state index in [1.807, 2.05) is 41.3 Å². The van der Waals surface area contributed by atoms with Crippen LogP contribution in [-0.2, 0) is 4.79 Å². The number of carbonyl (C=O) groups excluding carboxylic acids is 1. The number of carbonyl (C=O) groups is 1. The summed E-state index contributed by atoms with van der Waals surface area (Å²) in [5.74, 6) is 0.181. The van der Waals surface area contributed by atoms with Crippen LogP contribution in [0.25, 0.3) is 0 Å². The molecule has 0 unspecified atom stereocenters. The molecule has 0 spiro atoms. The predicted molar refractivity (Wildman–Crippen MR) is 126 cm³/mol. The molecule has 3 aromatic carbocycles. The van der Waals surface area contributed by atoms with Gasteiger partial charge in [0.25, 0.3) is 0 Å². The van der Waals surface area contributed by atoms with E-state index in [0.29, 0.717) is 48.3 Å². The lowest BCUT2D eigenvalue weighted by Gasteiger charge is -2.39. The highest BCUT2D eigenvalue weighted by Gasteiger charge is 2.31. The second kappa shape index (κ2) is 10.0. The van der Waals surface area contributed by atoms with E-state index in [0.717, 1.165) is 5.56 Å². The number of ether oxygens (including phenoxy) is 1. The number of nitrogens with one attached hydrogen (secondary N) is 1. The molecule has 1 heterocycles. The molecule has 166 valence electrons. The van der Waals surface area contributed by atoms with Gasteiger partial charge in [0.1, 0.15) is 17.6 Å². The van der Waals surface area contributed by atoms with Gasteiger partial charge in [-0.2, -0.15) is 0 Å². The first-order chi connectivity index (χ1) is 15.6. The van der Waals surface area contributed by atoms with Crippen molar-refractivity contribution >= 4 is 28.9 Å². The van der Waals surface area contributed by atoms with Crippen molar-refractivity contribution in [2.24, 2.45) is 0 Å². The van der Waals surface area contributed by atoms with E-state index in [1.165, 1.54) is 6.07 Å². The van der Waals surface area contributed by atoms with Crippen molar-refractivity contribution in [2.75, 3.05) is 43.5 Å². The van der Waals surface area contributed by atoms with Gasteiger partial charge in [0.15, 0.2) is 0 Å². The number of piperazine rings is 1. The fraction of sp³-hybridized carbons (Fsp3) is 0.240. The van der Waals surface area contributed by atoms with Crippen LogP contribution in [0.5, 0.6) is 5.75 Å². The van der Waals surface area contributed by atoms with E-state index < -0.39 is 6.04 Å². The molecule has 1 atom stereocenters. The van der Waals surface area contributed by atoms with E-state index in [4.69, 9.17) is 16.3 Å². The first-order valence-corrected chi connectivity index (χ1v) is 10.9. The summed E-state index contributed by atoms with van der Waals surface area (Å²) in [6.45, 7) is 2.52. The molecule has 1 aliphatic rings. The van der Waals surface area contributed by atoms with Gasteiger partial charge in [-0.3, -0.25) is 9.69 Å². The fourth-order valence-corrected chi connectivity index (χ4v) is 4.31. The van der Waals surface area contributed by atoms with Gasteiger partial charge in [-0.15, -0.1) is 0 Å². The molecule has 4 rings (SSSR count). The Morgan fingerprint density at radius 1 is 1.00 bits per heavy atom. The molecular formula is C25H25ClFN3O2. The molecular weight excluding hydrogens is 429 g/mol. The highest BCUT2D eigenvalue weighted by Crippen LogP contribution is 2.30. The van der Waals surface area contributed by atoms with E-state index in [9.17, 15) is 9.18 Å². The number of anilines is 2. The number of methoxy groups -OCH3 is 1. The van der Waals surface area contributed by atoms with E-state index in [2.05, 4.69) is 10.2 Å². The Balaban J connectivity index is 1.52. The zero-order valence-corrected chi connectivity index (χ0v) is 18.6. The third kappa shape index (κ3) is 4.87. The number of halogens is 2. The van der Waals surface area contributed by atoms with Crippen LogP contribution in [0, 0.1) is 5.82 Å². The van der Waals surface area contributed by atoms with Gasteiger partial charge in [0.05, 0.1) is 17.8 Å². The summed E-state index contributed by atoms with van der Waals surface area (Å²) in [5, 5.41) is 3.42. The molecule has 7 heteroatoms. The number of benzene rings is 3. The Morgan fingerprint density at radius 3 is 2.34 bits per heavy atom. The summed E-state index contributed by atoms with van der Waals surface area (Å²) in [6.07, 6.45) is 0. The van der Waals surface area contributed by atoms with Crippen LogP contribution in [0.15, 0.2) is 72.8 Å². The Hall–Kier alpha value is -3.09. The van der Waals surface area contributed by atoms with Crippen molar-refractivity contribution in [3.05, 3.63) is 89.2 Å². The number of para-hydroxylation sites is 1. The van der Waals surface area contributed by atoms with Crippen LogP contribution in [-0.4, -0.2) is 44.1 Å². The molecule has 0 saturated carbocycles. The molecule has 1 saturated heterocycles. The monoisotopic (exact) mass is 453 g/mol. The van der Waals surface area contributed by atoms with Crippen molar-refractivity contribution in [2.45, 2.75) is 6.04 Å². The molecule has 5 nitrogen and oxygen atoms in total. The Labute approximate surface area is 192 Å². The molecule has 3 aromatic rings. The maximum absolute atomic E-state index is 14.2. The zero-order valence-electron chi connectivity index (χ0n) is 17.8. The molecule has 1 amide bonds. The van der Waals surface area contributed by atoms with Gasteiger partial charge in [0.2, 0.25) is 5.91 Å². The second-order valence-electron chi connectivity index (χ2n) is 7.63. The molecule has 1 fully saturated rings. The van der Waals surface area contributed by atoms with Crippen LogP contribution in [0.2, 0.25) is 5.02 Å². The van der Waals surface area contributed by atoms with Gasteiger partial charge in [-0.1, -0.05) is 54.1 Å². The number of nitrogens with zero attached hydrogens (tertiary/aromatic N) is 2. The van der Waals surface area contributed by atoms with E-state index >= 15 is 0 Å². The summed E-state index contributed by atoms with van der Waals surface area (Å²) in [4.78, 5) is 17.5. The Bertz CT molecular complexity index is 1070. The van der Waals surface area contributed by atoms with Crippen molar-refractivity contribution in [3.8, 4) is 5.75 Å². The molecule has 32 heavy (non-hydrogen) atoms. The van der Waals surface area contributed by atoms with E-state index in [1.54, 1.807) is 37.4 Å². The largest absolute Gasteiger partial charge is 0.495 e. The lowest BCUT2D eigenvalue weighted by molar-refractivity contribution is -0.121. The number of rotatable bonds is 6. The van der Waals surface area contributed by atoms with Crippen LogP contribution < -0.4 is 15.0 Å². The third-order valence-electron chi connectivity index (χ3n) is 5.66. The number of amides is 1. The maximum atomic E-state index is 14.2. The smallest absolute Gasteiger partial charge is 0.246 e. The second-order valence-corrected chi connectivity index (χ2v) is 8.03. The summed E-state index contributed by atoms with van der Waals surface area (Å²) < 4.78 is 19.4. The maximum Gasteiger partial charge on any atom is 0.246 e. The average Bonchev–Trinajstić information content (AvgIpc) is 2.81. The van der Waals surface area contributed by atoms with Crippen molar-refractivity contribution < 1.29 is 13.9 Å². The number of hydrogen-bond acceptors (Lipinski definition) is 4. The predicted octanol–water partition coefficient (Wildman–Crippen LogP) is 4.99.